The Balaban J connectivity index is 1.37. The minimum atomic E-state index is -0.141. The molecule has 4 fully saturated rings. The highest BCUT2D eigenvalue weighted by Gasteiger charge is 2.62. The maximum absolute atomic E-state index is 11.6. The first-order chi connectivity index (χ1) is 16.6. The third kappa shape index (κ3) is 4.18. The lowest BCUT2D eigenvalue weighted by Crippen LogP contribution is -2.53. The van der Waals surface area contributed by atoms with E-state index in [0.29, 0.717) is 34.0 Å². The van der Waals surface area contributed by atoms with Gasteiger partial charge in [-0.3, -0.25) is 4.79 Å². The fraction of sp³-hybridized carbons (Fsp3) is 0.867. The SMILES string of the molecule is CC(=O)O[C@@H]1CC[C@@]2(C)C(=CC[C@H]3[C@H]2CC[C@]2(C)[C@@H]([C@H](C)[C@@H]4CC[C@@H](C)CN4C#N)[C@@H](Br)C[C@@H]32)C1. The van der Waals surface area contributed by atoms with Crippen molar-refractivity contribution in [1.29, 1.82) is 5.26 Å². The van der Waals surface area contributed by atoms with Crippen molar-refractivity contribution in [2.45, 2.75) is 109 Å². The van der Waals surface area contributed by atoms with Crippen molar-refractivity contribution in [3.05, 3.63) is 11.6 Å². The van der Waals surface area contributed by atoms with E-state index in [0.717, 1.165) is 50.0 Å². The number of rotatable bonds is 3. The van der Waals surface area contributed by atoms with Crippen molar-refractivity contribution in [2.75, 3.05) is 6.54 Å². The molecule has 0 spiro atoms. The molecule has 5 rings (SSSR count). The van der Waals surface area contributed by atoms with Gasteiger partial charge in [-0.25, -0.2) is 0 Å². The summed E-state index contributed by atoms with van der Waals surface area (Å²) in [5, 5.41) is 9.92. The topological polar surface area (TPSA) is 53.3 Å². The summed E-state index contributed by atoms with van der Waals surface area (Å²) >= 11 is 4.22. The Morgan fingerprint density at radius 1 is 1.23 bits per heavy atom. The van der Waals surface area contributed by atoms with Gasteiger partial charge in [0.05, 0.1) is 0 Å². The molecule has 0 amide bonds. The highest BCUT2D eigenvalue weighted by Crippen LogP contribution is 2.68. The monoisotopic (exact) mass is 544 g/mol. The second kappa shape index (κ2) is 9.38. The van der Waals surface area contributed by atoms with Crippen LogP contribution in [0.25, 0.3) is 0 Å². The van der Waals surface area contributed by atoms with Crippen molar-refractivity contribution in [3.8, 4) is 6.19 Å². The molecule has 1 heterocycles. The summed E-state index contributed by atoms with van der Waals surface area (Å²) < 4.78 is 5.63. The van der Waals surface area contributed by atoms with E-state index in [4.69, 9.17) is 4.74 Å². The molecule has 0 unspecified atom stereocenters. The average Bonchev–Trinajstić information content (AvgIpc) is 3.08. The average molecular weight is 546 g/mol. The number of ether oxygens (including phenoxy) is 1. The van der Waals surface area contributed by atoms with E-state index in [9.17, 15) is 10.1 Å². The first kappa shape index (κ1) is 25.6. The number of hydrogen-bond acceptors (Lipinski definition) is 4. The lowest BCUT2D eigenvalue weighted by molar-refractivity contribution is -0.148. The molecule has 1 saturated heterocycles. The van der Waals surface area contributed by atoms with Crippen molar-refractivity contribution in [1.82, 2.24) is 4.90 Å². The second-order valence-electron chi connectivity index (χ2n) is 13.4. The lowest BCUT2D eigenvalue weighted by Gasteiger charge is -2.58. The smallest absolute Gasteiger partial charge is 0.302 e. The fourth-order valence-corrected chi connectivity index (χ4v) is 11.5. The zero-order chi connectivity index (χ0) is 25.1. The largest absolute Gasteiger partial charge is 0.462 e. The van der Waals surface area contributed by atoms with Crippen LogP contribution in [0, 0.1) is 57.8 Å². The summed E-state index contributed by atoms with van der Waals surface area (Å²) in [6, 6.07) is 0.390. The van der Waals surface area contributed by atoms with Gasteiger partial charge in [0.15, 0.2) is 6.19 Å². The molecule has 5 heteroatoms. The highest BCUT2D eigenvalue weighted by atomic mass is 79.9. The molecule has 0 N–H and O–H groups in total. The normalized spacial score (nSPS) is 48.0. The third-order valence-corrected chi connectivity index (χ3v) is 12.6. The molecule has 0 bridgehead atoms. The van der Waals surface area contributed by atoms with Crippen LogP contribution in [0.1, 0.15) is 92.4 Å². The van der Waals surface area contributed by atoms with E-state index in [2.05, 4.69) is 60.8 Å². The third-order valence-electron chi connectivity index (χ3n) is 11.6. The molecular formula is C30H45BrN2O2. The Labute approximate surface area is 221 Å². The van der Waals surface area contributed by atoms with Crippen molar-refractivity contribution in [2.24, 2.45) is 46.3 Å². The molecule has 4 aliphatic carbocycles. The van der Waals surface area contributed by atoms with Crippen LogP contribution in [-0.2, 0) is 9.53 Å². The molecule has 5 aliphatic rings. The van der Waals surface area contributed by atoms with Gasteiger partial charge in [-0.1, -0.05) is 55.3 Å². The second-order valence-corrected chi connectivity index (χ2v) is 14.6. The van der Waals surface area contributed by atoms with Gasteiger partial charge >= 0.3 is 5.97 Å². The molecule has 4 nitrogen and oxygen atoms in total. The molecule has 35 heavy (non-hydrogen) atoms. The van der Waals surface area contributed by atoms with Gasteiger partial charge in [0.2, 0.25) is 0 Å². The van der Waals surface area contributed by atoms with Crippen LogP contribution in [0.4, 0.5) is 0 Å². The minimum Gasteiger partial charge on any atom is -0.462 e. The van der Waals surface area contributed by atoms with Crippen molar-refractivity contribution in [3.63, 3.8) is 0 Å². The van der Waals surface area contributed by atoms with Crippen LogP contribution in [0.2, 0.25) is 0 Å². The van der Waals surface area contributed by atoms with Crippen LogP contribution in [0.5, 0.6) is 0 Å². The van der Waals surface area contributed by atoms with Crippen LogP contribution < -0.4 is 0 Å². The van der Waals surface area contributed by atoms with Gasteiger partial charge in [0, 0.05) is 30.8 Å². The number of likely N-dealkylation sites (tertiary alicyclic amines) is 1. The number of carbonyl (C=O) groups excluding carboxylic acids is 1. The van der Waals surface area contributed by atoms with Crippen LogP contribution in [0.3, 0.4) is 0 Å². The molecule has 0 aromatic heterocycles. The summed E-state index contributed by atoms with van der Waals surface area (Å²) in [5.41, 5.74) is 2.18. The van der Waals surface area contributed by atoms with E-state index in [1.807, 2.05) is 0 Å². The van der Waals surface area contributed by atoms with Gasteiger partial charge in [0.25, 0.3) is 0 Å². The Bertz CT molecular complexity index is 913. The molecule has 0 aromatic carbocycles. The number of nitriles is 1. The van der Waals surface area contributed by atoms with E-state index in [1.165, 1.54) is 32.1 Å². The number of esters is 1. The zero-order valence-electron chi connectivity index (χ0n) is 22.4. The number of allylic oxidation sites excluding steroid dienone is 1. The fourth-order valence-electron chi connectivity index (χ4n) is 9.98. The van der Waals surface area contributed by atoms with Gasteiger partial charge in [0.1, 0.15) is 6.10 Å². The number of fused-ring (bicyclic) bond motifs is 5. The Hall–Kier alpha value is -1.02. The van der Waals surface area contributed by atoms with E-state index >= 15 is 0 Å². The van der Waals surface area contributed by atoms with Crippen LogP contribution in [0.15, 0.2) is 11.6 Å². The standard InChI is InChI=1S/C30H45BrN2O2/c1-18-6-9-27(33(16-18)17-32)19(2)28-26(31)15-25-23-8-7-21-14-22(35-20(3)34)10-12-29(21,4)24(23)11-13-30(25,28)5/h7,18-19,22-28H,6,8-16H2,1-5H3/t18-,19-,22-,23+,24-,25+,26+,27+,28+,29+,30+/m1/s1. The number of carbonyl (C=O) groups is 1. The van der Waals surface area contributed by atoms with Gasteiger partial charge in [-0.2, -0.15) is 5.26 Å². The summed E-state index contributed by atoms with van der Waals surface area (Å²) in [6.07, 6.45) is 15.8. The number of nitrogens with zero attached hydrogens (tertiary/aromatic N) is 2. The molecule has 0 aromatic rings. The number of alkyl halides is 1. The Morgan fingerprint density at radius 3 is 2.71 bits per heavy atom. The summed E-state index contributed by atoms with van der Waals surface area (Å²) in [6.45, 7) is 12.3. The van der Waals surface area contributed by atoms with Crippen molar-refractivity contribution >= 4 is 21.9 Å². The minimum absolute atomic E-state index is 0.0714. The van der Waals surface area contributed by atoms with Crippen molar-refractivity contribution < 1.29 is 9.53 Å². The van der Waals surface area contributed by atoms with Gasteiger partial charge in [-0.15, -0.1) is 0 Å². The highest BCUT2D eigenvalue weighted by molar-refractivity contribution is 9.09. The quantitative estimate of drug-likeness (QED) is 0.165. The van der Waals surface area contributed by atoms with E-state index < -0.39 is 0 Å². The summed E-state index contributed by atoms with van der Waals surface area (Å²) in [4.78, 5) is 14.2. The van der Waals surface area contributed by atoms with Gasteiger partial charge in [-0.05, 0) is 97.7 Å². The molecule has 11 atom stereocenters. The van der Waals surface area contributed by atoms with E-state index in [-0.39, 0.29) is 17.5 Å². The predicted octanol–water partition coefficient (Wildman–Crippen LogP) is 7.09. The Morgan fingerprint density at radius 2 is 2.00 bits per heavy atom. The first-order valence-corrected chi connectivity index (χ1v) is 15.2. The maximum Gasteiger partial charge on any atom is 0.302 e. The molecule has 194 valence electrons. The molecule has 0 radical (unpaired) electrons. The number of halogens is 1. The van der Waals surface area contributed by atoms with Crippen LogP contribution in [-0.4, -0.2) is 34.4 Å². The summed E-state index contributed by atoms with van der Waals surface area (Å²) in [7, 11) is 0. The summed E-state index contributed by atoms with van der Waals surface area (Å²) in [5.74, 6) is 3.89. The lowest BCUT2D eigenvalue weighted by atomic mass is 9.47. The first-order valence-electron chi connectivity index (χ1n) is 14.3. The number of piperidine rings is 1. The molecular weight excluding hydrogens is 500 g/mol. The number of hydrogen-bond donors (Lipinski definition) is 0. The van der Waals surface area contributed by atoms with E-state index in [1.54, 1.807) is 12.5 Å². The zero-order valence-corrected chi connectivity index (χ0v) is 24.0. The van der Waals surface area contributed by atoms with Gasteiger partial charge < -0.3 is 9.64 Å². The molecule has 3 saturated carbocycles. The van der Waals surface area contributed by atoms with Crippen LogP contribution >= 0.6 is 15.9 Å². The maximum atomic E-state index is 11.6. The molecule has 1 aliphatic heterocycles. The Kier molecular flexibility index (Phi) is 6.86. The predicted molar refractivity (Wildman–Crippen MR) is 143 cm³/mol.